The maximum Gasteiger partial charge on any atom is 0.253 e. The monoisotopic (exact) mass is 371 g/mol. The van der Waals surface area contributed by atoms with E-state index in [9.17, 15) is 9.59 Å². The Morgan fingerprint density at radius 1 is 0.923 bits per heavy atom. The average molecular weight is 372 g/mol. The number of benzene rings is 2. The van der Waals surface area contributed by atoms with Crippen molar-refractivity contribution in [1.29, 1.82) is 0 Å². The molecule has 0 spiro atoms. The van der Waals surface area contributed by atoms with E-state index in [0.717, 1.165) is 0 Å². The van der Waals surface area contributed by atoms with Crippen LogP contribution in [-0.2, 0) is 0 Å². The van der Waals surface area contributed by atoms with Crippen LogP contribution in [0.25, 0.3) is 0 Å². The molecule has 2 aromatic rings. The maximum atomic E-state index is 12.7. The lowest BCUT2D eigenvalue weighted by atomic mass is 9.88. The van der Waals surface area contributed by atoms with Gasteiger partial charge in [-0.2, -0.15) is 0 Å². The first-order valence-electron chi connectivity index (χ1n) is 8.60. The molecule has 6 heteroatoms. The van der Waals surface area contributed by atoms with E-state index >= 15 is 0 Å². The van der Waals surface area contributed by atoms with E-state index in [-0.39, 0.29) is 24.4 Å². The molecule has 2 aliphatic rings. The van der Waals surface area contributed by atoms with E-state index in [0.29, 0.717) is 53.6 Å². The van der Waals surface area contributed by atoms with Gasteiger partial charge >= 0.3 is 0 Å². The van der Waals surface area contributed by atoms with Crippen LogP contribution < -0.4 is 9.47 Å². The lowest BCUT2D eigenvalue weighted by Crippen LogP contribution is -2.40. The van der Waals surface area contributed by atoms with Gasteiger partial charge in [0.15, 0.2) is 17.3 Å². The van der Waals surface area contributed by atoms with Crippen LogP contribution >= 0.6 is 11.6 Å². The summed E-state index contributed by atoms with van der Waals surface area (Å²) >= 11 is 5.88. The van der Waals surface area contributed by atoms with Gasteiger partial charge in [-0.1, -0.05) is 11.6 Å². The summed E-state index contributed by atoms with van der Waals surface area (Å²) in [4.78, 5) is 27.1. The highest BCUT2D eigenvalue weighted by atomic mass is 35.5. The Morgan fingerprint density at radius 2 is 1.58 bits per heavy atom. The van der Waals surface area contributed by atoms with Crippen LogP contribution in [0.3, 0.4) is 0 Å². The number of piperidine rings is 1. The van der Waals surface area contributed by atoms with Gasteiger partial charge in [0, 0.05) is 35.2 Å². The Kier molecular flexibility index (Phi) is 4.55. The summed E-state index contributed by atoms with van der Waals surface area (Å²) in [6.07, 6.45) is 1.33. The number of carbonyl (C=O) groups excluding carboxylic acids is 2. The number of likely N-dealkylation sites (tertiary alicyclic amines) is 1. The lowest BCUT2D eigenvalue weighted by Gasteiger charge is -2.31. The number of hydrogen-bond donors (Lipinski definition) is 0. The number of nitrogens with zero attached hydrogens (tertiary/aromatic N) is 1. The topological polar surface area (TPSA) is 55.8 Å². The normalized spacial score (nSPS) is 16.6. The minimum Gasteiger partial charge on any atom is -0.454 e. The number of hydrogen-bond acceptors (Lipinski definition) is 4. The van der Waals surface area contributed by atoms with Gasteiger partial charge in [0.2, 0.25) is 6.79 Å². The number of amides is 1. The fourth-order valence-corrected chi connectivity index (χ4v) is 3.53. The molecule has 0 saturated carbocycles. The Bertz CT molecular complexity index is 841. The summed E-state index contributed by atoms with van der Waals surface area (Å²) in [5, 5.41) is 0.616. The average Bonchev–Trinajstić information content (AvgIpc) is 3.15. The first-order valence-corrected chi connectivity index (χ1v) is 8.98. The highest BCUT2D eigenvalue weighted by Crippen LogP contribution is 2.33. The largest absolute Gasteiger partial charge is 0.454 e. The molecule has 1 amide bonds. The van der Waals surface area contributed by atoms with Crippen LogP contribution in [-0.4, -0.2) is 36.5 Å². The number of rotatable bonds is 3. The molecular formula is C20H18ClNO4. The first-order chi connectivity index (χ1) is 12.6. The minimum atomic E-state index is -0.0584. The molecule has 4 rings (SSSR count). The Labute approximate surface area is 156 Å². The predicted octanol–water partition coefficient (Wildman–Crippen LogP) is 3.80. The van der Waals surface area contributed by atoms with Crippen molar-refractivity contribution in [1.82, 2.24) is 4.90 Å². The van der Waals surface area contributed by atoms with Crippen molar-refractivity contribution in [2.75, 3.05) is 19.9 Å². The Hall–Kier alpha value is -2.53. The second-order valence-corrected chi connectivity index (χ2v) is 6.94. The second-order valence-electron chi connectivity index (χ2n) is 6.51. The molecule has 2 aromatic carbocycles. The van der Waals surface area contributed by atoms with E-state index in [1.165, 1.54) is 0 Å². The summed E-state index contributed by atoms with van der Waals surface area (Å²) in [6, 6.07) is 12.2. The highest BCUT2D eigenvalue weighted by molar-refractivity contribution is 6.30. The third-order valence-corrected chi connectivity index (χ3v) is 5.15. The van der Waals surface area contributed by atoms with Crippen LogP contribution in [0.1, 0.15) is 33.6 Å². The fourth-order valence-electron chi connectivity index (χ4n) is 3.41. The van der Waals surface area contributed by atoms with E-state index in [1.807, 2.05) is 0 Å². The third kappa shape index (κ3) is 3.27. The molecule has 0 aliphatic carbocycles. The molecule has 5 nitrogen and oxygen atoms in total. The molecule has 1 saturated heterocycles. The second kappa shape index (κ2) is 7.00. The van der Waals surface area contributed by atoms with Crippen LogP contribution in [0.5, 0.6) is 11.5 Å². The predicted molar refractivity (Wildman–Crippen MR) is 97.0 cm³/mol. The van der Waals surface area contributed by atoms with Gasteiger partial charge in [-0.05, 0) is 55.3 Å². The number of Topliss-reactive ketones (excluding diaryl/α,β-unsaturated/α-hetero) is 1. The number of carbonyl (C=O) groups is 2. The molecular weight excluding hydrogens is 354 g/mol. The van der Waals surface area contributed by atoms with Crippen LogP contribution in [0.2, 0.25) is 5.02 Å². The van der Waals surface area contributed by atoms with Crippen LogP contribution in [0.15, 0.2) is 42.5 Å². The van der Waals surface area contributed by atoms with Gasteiger partial charge in [0.05, 0.1) is 0 Å². The SMILES string of the molecule is O=C(c1ccc(Cl)cc1)C1CCN(C(=O)c2ccc3c(c2)OCO3)CC1. The van der Waals surface area contributed by atoms with Gasteiger partial charge in [-0.25, -0.2) is 0 Å². The highest BCUT2D eigenvalue weighted by Gasteiger charge is 2.29. The molecule has 0 bridgehead atoms. The molecule has 0 atom stereocenters. The standard InChI is InChI=1S/C20H18ClNO4/c21-16-4-1-13(2-5-16)19(23)14-7-9-22(10-8-14)20(24)15-3-6-17-18(11-15)26-12-25-17/h1-6,11,14H,7-10,12H2. The molecule has 2 heterocycles. The van der Waals surface area contributed by atoms with Crippen LogP contribution in [0.4, 0.5) is 0 Å². The van der Waals surface area contributed by atoms with E-state index < -0.39 is 0 Å². The molecule has 0 N–H and O–H groups in total. The van der Waals surface area contributed by atoms with Crippen molar-refractivity contribution in [2.24, 2.45) is 5.92 Å². The Balaban J connectivity index is 1.39. The van der Waals surface area contributed by atoms with Crippen molar-refractivity contribution < 1.29 is 19.1 Å². The summed E-state index contributed by atoms with van der Waals surface area (Å²) in [6.45, 7) is 1.32. The Morgan fingerprint density at radius 3 is 2.31 bits per heavy atom. The quantitative estimate of drug-likeness (QED) is 0.770. The first kappa shape index (κ1) is 16.9. The smallest absolute Gasteiger partial charge is 0.253 e. The van der Waals surface area contributed by atoms with Crippen molar-refractivity contribution in [3.63, 3.8) is 0 Å². The van der Waals surface area contributed by atoms with Gasteiger partial charge in [0.25, 0.3) is 5.91 Å². The minimum absolute atomic E-state index is 0.0410. The van der Waals surface area contributed by atoms with E-state index in [4.69, 9.17) is 21.1 Å². The zero-order valence-electron chi connectivity index (χ0n) is 14.1. The third-order valence-electron chi connectivity index (χ3n) is 4.90. The molecule has 0 aromatic heterocycles. The van der Waals surface area contributed by atoms with Gasteiger partial charge in [-0.15, -0.1) is 0 Å². The molecule has 0 radical (unpaired) electrons. The number of ketones is 1. The van der Waals surface area contributed by atoms with Crippen LogP contribution in [0, 0.1) is 5.92 Å². The maximum absolute atomic E-state index is 12.7. The molecule has 26 heavy (non-hydrogen) atoms. The van der Waals surface area contributed by atoms with Crippen molar-refractivity contribution in [2.45, 2.75) is 12.8 Å². The summed E-state index contributed by atoms with van der Waals surface area (Å²) in [5.41, 5.74) is 1.26. The lowest BCUT2D eigenvalue weighted by molar-refractivity contribution is 0.0650. The molecule has 134 valence electrons. The zero-order chi connectivity index (χ0) is 18.1. The summed E-state index contributed by atoms with van der Waals surface area (Å²) < 4.78 is 10.6. The van der Waals surface area contributed by atoms with Gasteiger partial charge < -0.3 is 14.4 Å². The van der Waals surface area contributed by atoms with Crippen molar-refractivity contribution in [3.8, 4) is 11.5 Å². The van der Waals surface area contributed by atoms with Crippen molar-refractivity contribution >= 4 is 23.3 Å². The fraction of sp³-hybridized carbons (Fsp3) is 0.300. The summed E-state index contributed by atoms with van der Waals surface area (Å²) in [7, 11) is 0. The molecule has 1 fully saturated rings. The van der Waals surface area contributed by atoms with Crippen molar-refractivity contribution in [3.05, 3.63) is 58.6 Å². The summed E-state index contributed by atoms with van der Waals surface area (Å²) in [5.74, 6) is 1.28. The zero-order valence-corrected chi connectivity index (χ0v) is 14.9. The molecule has 0 unspecified atom stereocenters. The van der Waals surface area contributed by atoms with Gasteiger partial charge in [0.1, 0.15) is 0 Å². The van der Waals surface area contributed by atoms with E-state index in [1.54, 1.807) is 47.4 Å². The number of halogens is 1. The number of fused-ring (bicyclic) bond motifs is 1. The number of ether oxygens (including phenoxy) is 2. The molecule has 2 aliphatic heterocycles. The van der Waals surface area contributed by atoms with E-state index in [2.05, 4.69) is 0 Å². The van der Waals surface area contributed by atoms with Gasteiger partial charge in [-0.3, -0.25) is 9.59 Å².